The second-order valence-electron chi connectivity index (χ2n) is 6.56. The van der Waals surface area contributed by atoms with Gasteiger partial charge < -0.3 is 19.4 Å². The summed E-state index contributed by atoms with van der Waals surface area (Å²) in [6.07, 6.45) is 1.58. The average molecular weight is 392 g/mol. The Kier molecular flexibility index (Phi) is 4.67. The molecular weight excluding hydrogens is 372 g/mol. The maximum absolute atomic E-state index is 12.7. The molecule has 8 heteroatoms. The molecule has 0 aliphatic carbocycles. The Labute approximate surface area is 166 Å². The van der Waals surface area contributed by atoms with Crippen LogP contribution in [0.1, 0.15) is 15.9 Å². The number of aromatic nitrogens is 3. The number of carbonyl (C=O) groups excluding carboxylic acids is 1. The molecule has 0 saturated carbocycles. The van der Waals surface area contributed by atoms with Crippen molar-refractivity contribution in [1.82, 2.24) is 19.5 Å². The molecule has 2 aromatic heterocycles. The maximum atomic E-state index is 12.7. The van der Waals surface area contributed by atoms with Gasteiger partial charge in [-0.15, -0.1) is 0 Å². The van der Waals surface area contributed by atoms with Crippen molar-refractivity contribution in [3.63, 3.8) is 0 Å². The highest BCUT2D eigenvalue weighted by atomic mass is 16.5. The molecule has 0 bridgehead atoms. The van der Waals surface area contributed by atoms with Crippen molar-refractivity contribution in [3.8, 4) is 11.5 Å². The van der Waals surface area contributed by atoms with E-state index in [0.717, 1.165) is 11.1 Å². The van der Waals surface area contributed by atoms with Gasteiger partial charge in [0.2, 0.25) is 0 Å². The van der Waals surface area contributed by atoms with Gasteiger partial charge in [0.1, 0.15) is 17.0 Å². The number of amides is 1. The molecule has 4 rings (SSSR count). The molecule has 0 fully saturated rings. The molecule has 0 atom stereocenters. The van der Waals surface area contributed by atoms with Gasteiger partial charge in [-0.25, -0.2) is 4.52 Å². The van der Waals surface area contributed by atoms with E-state index >= 15 is 0 Å². The minimum absolute atomic E-state index is 0.173. The molecule has 8 nitrogen and oxygen atoms in total. The SMILES string of the molecule is COc1ccc(OC)c(CNC(=O)c2ccc3c(c2)n(C)c(=O)c2ccnn23)c1. The molecule has 0 saturated heterocycles. The summed E-state index contributed by atoms with van der Waals surface area (Å²) >= 11 is 0. The Morgan fingerprint density at radius 3 is 2.62 bits per heavy atom. The Hall–Kier alpha value is -3.81. The van der Waals surface area contributed by atoms with E-state index in [4.69, 9.17) is 9.47 Å². The molecule has 0 aliphatic rings. The molecule has 0 radical (unpaired) electrons. The van der Waals surface area contributed by atoms with Gasteiger partial charge in [-0.1, -0.05) is 0 Å². The highest BCUT2D eigenvalue weighted by Gasteiger charge is 2.13. The number of hydrogen-bond donors (Lipinski definition) is 1. The summed E-state index contributed by atoms with van der Waals surface area (Å²) in [6.45, 7) is 0.272. The fraction of sp³-hybridized carbons (Fsp3) is 0.190. The van der Waals surface area contributed by atoms with Gasteiger partial charge in [-0.05, 0) is 42.5 Å². The van der Waals surface area contributed by atoms with Gasteiger partial charge in [-0.2, -0.15) is 5.10 Å². The van der Waals surface area contributed by atoms with Crippen molar-refractivity contribution in [1.29, 1.82) is 0 Å². The second-order valence-corrected chi connectivity index (χ2v) is 6.56. The van der Waals surface area contributed by atoms with E-state index < -0.39 is 0 Å². The quantitative estimate of drug-likeness (QED) is 0.562. The predicted octanol–water partition coefficient (Wildman–Crippen LogP) is 2.13. The first-order chi connectivity index (χ1) is 14.0. The largest absolute Gasteiger partial charge is 0.497 e. The van der Waals surface area contributed by atoms with Crippen LogP contribution in [0.2, 0.25) is 0 Å². The first-order valence-corrected chi connectivity index (χ1v) is 8.99. The topological polar surface area (TPSA) is 86.9 Å². The Balaban J connectivity index is 1.65. The number of hydrogen-bond acceptors (Lipinski definition) is 5. The second kappa shape index (κ2) is 7.31. The van der Waals surface area contributed by atoms with E-state index in [9.17, 15) is 9.59 Å². The third-order valence-electron chi connectivity index (χ3n) is 4.92. The zero-order valence-electron chi connectivity index (χ0n) is 16.3. The van der Waals surface area contributed by atoms with Crippen LogP contribution in [-0.2, 0) is 13.6 Å². The molecule has 0 spiro atoms. The van der Waals surface area contributed by atoms with E-state index in [-0.39, 0.29) is 18.0 Å². The summed E-state index contributed by atoms with van der Waals surface area (Å²) in [5, 5.41) is 7.10. The highest BCUT2D eigenvalue weighted by Crippen LogP contribution is 2.24. The number of carbonyl (C=O) groups is 1. The highest BCUT2D eigenvalue weighted by molar-refractivity contribution is 5.97. The number of nitrogens with zero attached hydrogens (tertiary/aromatic N) is 3. The number of methoxy groups -OCH3 is 2. The fourth-order valence-electron chi connectivity index (χ4n) is 3.35. The van der Waals surface area contributed by atoms with Crippen molar-refractivity contribution < 1.29 is 14.3 Å². The number of benzene rings is 2. The van der Waals surface area contributed by atoms with Crippen molar-refractivity contribution in [2.75, 3.05) is 14.2 Å². The molecule has 1 amide bonds. The lowest BCUT2D eigenvalue weighted by atomic mass is 10.1. The number of ether oxygens (including phenoxy) is 2. The van der Waals surface area contributed by atoms with Crippen LogP contribution >= 0.6 is 0 Å². The Morgan fingerprint density at radius 1 is 1.03 bits per heavy atom. The smallest absolute Gasteiger partial charge is 0.276 e. The molecule has 4 aromatic rings. The van der Waals surface area contributed by atoms with E-state index in [1.165, 1.54) is 4.57 Å². The van der Waals surface area contributed by atoms with Crippen molar-refractivity contribution in [2.24, 2.45) is 7.05 Å². The Morgan fingerprint density at radius 2 is 1.86 bits per heavy atom. The lowest BCUT2D eigenvalue weighted by Crippen LogP contribution is -2.24. The van der Waals surface area contributed by atoms with E-state index in [1.54, 1.807) is 68.4 Å². The zero-order valence-corrected chi connectivity index (χ0v) is 16.3. The standard InChI is InChI=1S/C21H20N4O4/c1-24-18-11-13(4-6-16(18)25-17(21(24)27)8-9-23-25)20(26)22-12-14-10-15(28-2)5-7-19(14)29-3/h4-11H,12H2,1-3H3,(H,22,26). The van der Waals surface area contributed by atoms with Gasteiger partial charge in [0.25, 0.3) is 11.5 Å². The van der Waals surface area contributed by atoms with Crippen LogP contribution in [0.15, 0.2) is 53.5 Å². The van der Waals surface area contributed by atoms with Crippen LogP contribution in [0, 0.1) is 0 Å². The monoisotopic (exact) mass is 392 g/mol. The van der Waals surface area contributed by atoms with Crippen LogP contribution < -0.4 is 20.3 Å². The van der Waals surface area contributed by atoms with Gasteiger partial charge in [-0.3, -0.25) is 9.59 Å². The summed E-state index contributed by atoms with van der Waals surface area (Å²) in [5.41, 5.74) is 2.93. The molecule has 1 N–H and O–H groups in total. The van der Waals surface area contributed by atoms with Gasteiger partial charge >= 0.3 is 0 Å². The minimum atomic E-state index is -0.259. The summed E-state index contributed by atoms with van der Waals surface area (Å²) < 4.78 is 13.7. The van der Waals surface area contributed by atoms with Crippen LogP contribution in [0.3, 0.4) is 0 Å². The molecule has 2 aromatic carbocycles. The number of aryl methyl sites for hydroxylation is 1. The summed E-state index contributed by atoms with van der Waals surface area (Å²) in [5.74, 6) is 1.08. The maximum Gasteiger partial charge on any atom is 0.276 e. The van der Waals surface area contributed by atoms with Gasteiger partial charge in [0.05, 0.1) is 31.4 Å². The van der Waals surface area contributed by atoms with Gasteiger partial charge in [0, 0.05) is 24.7 Å². The van der Waals surface area contributed by atoms with E-state index in [1.807, 2.05) is 6.07 Å². The normalized spacial score (nSPS) is 11.0. The molecule has 0 aliphatic heterocycles. The van der Waals surface area contributed by atoms with Crippen molar-refractivity contribution >= 4 is 22.5 Å². The first kappa shape index (κ1) is 18.5. The van der Waals surface area contributed by atoms with Gasteiger partial charge in [0.15, 0.2) is 0 Å². The predicted molar refractivity (Wildman–Crippen MR) is 109 cm³/mol. The fourth-order valence-corrected chi connectivity index (χ4v) is 3.35. The zero-order chi connectivity index (χ0) is 20.5. The minimum Gasteiger partial charge on any atom is -0.497 e. The lowest BCUT2D eigenvalue weighted by Gasteiger charge is -2.12. The third-order valence-corrected chi connectivity index (χ3v) is 4.92. The molecule has 2 heterocycles. The van der Waals surface area contributed by atoms with Crippen molar-refractivity contribution in [3.05, 3.63) is 70.1 Å². The summed E-state index contributed by atoms with van der Waals surface area (Å²) in [7, 11) is 4.84. The molecular formula is C21H20N4O4. The average Bonchev–Trinajstić information content (AvgIpc) is 3.25. The van der Waals surface area contributed by atoms with Crippen LogP contribution in [0.4, 0.5) is 0 Å². The lowest BCUT2D eigenvalue weighted by molar-refractivity contribution is 0.0950. The van der Waals surface area contributed by atoms with E-state index in [0.29, 0.717) is 28.1 Å². The van der Waals surface area contributed by atoms with Crippen LogP contribution in [-0.4, -0.2) is 34.3 Å². The number of fused-ring (bicyclic) bond motifs is 3. The number of rotatable bonds is 5. The molecule has 148 valence electrons. The summed E-state index contributed by atoms with van der Waals surface area (Å²) in [4.78, 5) is 25.2. The van der Waals surface area contributed by atoms with Crippen LogP contribution in [0.25, 0.3) is 16.6 Å². The summed E-state index contributed by atoms with van der Waals surface area (Å²) in [6, 6.07) is 12.3. The third kappa shape index (κ3) is 3.18. The molecule has 0 unspecified atom stereocenters. The Bertz CT molecular complexity index is 1290. The van der Waals surface area contributed by atoms with Crippen LogP contribution in [0.5, 0.6) is 11.5 Å². The first-order valence-electron chi connectivity index (χ1n) is 8.99. The molecule has 29 heavy (non-hydrogen) atoms. The van der Waals surface area contributed by atoms with Crippen molar-refractivity contribution in [2.45, 2.75) is 6.54 Å². The van der Waals surface area contributed by atoms with E-state index in [2.05, 4.69) is 10.4 Å². The number of nitrogens with one attached hydrogen (secondary N) is 1.